The predicted molar refractivity (Wildman–Crippen MR) is 57.4 cm³/mol. The van der Waals surface area contributed by atoms with Crippen LogP contribution < -0.4 is 10.6 Å². The molecule has 0 saturated carbocycles. The minimum Gasteiger partial charge on any atom is -0.384 e. The van der Waals surface area contributed by atoms with Gasteiger partial charge < -0.3 is 15.4 Å². The SMILES string of the molecule is CCC(F)(F)CO[C@@H]1CNC2C(C)=CNC21. The van der Waals surface area contributed by atoms with E-state index >= 15 is 0 Å². The van der Waals surface area contributed by atoms with Gasteiger partial charge in [0.25, 0.3) is 5.92 Å². The summed E-state index contributed by atoms with van der Waals surface area (Å²) in [4.78, 5) is 0. The largest absolute Gasteiger partial charge is 0.384 e. The molecular weight excluding hydrogens is 214 g/mol. The molecule has 2 heterocycles. The van der Waals surface area contributed by atoms with E-state index in [1.165, 1.54) is 12.5 Å². The summed E-state index contributed by atoms with van der Waals surface area (Å²) in [5.41, 5.74) is 1.21. The van der Waals surface area contributed by atoms with Crippen LogP contribution in [0.5, 0.6) is 0 Å². The molecule has 5 heteroatoms. The summed E-state index contributed by atoms with van der Waals surface area (Å²) in [7, 11) is 0. The highest BCUT2D eigenvalue weighted by Gasteiger charge is 2.41. The van der Waals surface area contributed by atoms with E-state index in [0.717, 1.165) is 0 Å². The highest BCUT2D eigenvalue weighted by molar-refractivity contribution is 5.23. The second kappa shape index (κ2) is 4.30. The highest BCUT2D eigenvalue weighted by Crippen LogP contribution is 2.25. The lowest BCUT2D eigenvalue weighted by molar-refractivity contribution is -0.100. The van der Waals surface area contributed by atoms with Gasteiger partial charge >= 0.3 is 0 Å². The van der Waals surface area contributed by atoms with E-state index in [-0.39, 0.29) is 24.6 Å². The maximum Gasteiger partial charge on any atom is 0.270 e. The summed E-state index contributed by atoms with van der Waals surface area (Å²) in [5, 5.41) is 6.45. The minimum atomic E-state index is -2.71. The van der Waals surface area contributed by atoms with Gasteiger partial charge in [0.2, 0.25) is 0 Å². The molecule has 0 radical (unpaired) electrons. The maximum atomic E-state index is 13.0. The standard InChI is InChI=1S/C11H18F2N2O/c1-3-11(12,13)6-16-8-5-15-9-7(2)4-14-10(8)9/h4,8-10,14-15H,3,5-6H2,1-2H3/t8-,9?,10?/m1/s1. The molecular formula is C11H18F2N2O. The number of rotatable bonds is 4. The second-order valence-corrected chi connectivity index (χ2v) is 4.53. The Morgan fingerprint density at radius 3 is 3.00 bits per heavy atom. The van der Waals surface area contributed by atoms with E-state index in [2.05, 4.69) is 10.6 Å². The molecule has 3 atom stereocenters. The van der Waals surface area contributed by atoms with E-state index < -0.39 is 12.5 Å². The summed E-state index contributed by atoms with van der Waals surface area (Å²) in [6.07, 6.45) is 1.58. The third kappa shape index (κ3) is 2.20. The van der Waals surface area contributed by atoms with Crippen molar-refractivity contribution in [2.75, 3.05) is 13.2 Å². The van der Waals surface area contributed by atoms with E-state index in [9.17, 15) is 8.78 Å². The third-order valence-electron chi connectivity index (χ3n) is 3.32. The first-order valence-corrected chi connectivity index (χ1v) is 5.69. The molecule has 0 amide bonds. The fraction of sp³-hybridized carbons (Fsp3) is 0.818. The second-order valence-electron chi connectivity index (χ2n) is 4.53. The molecule has 0 spiro atoms. The van der Waals surface area contributed by atoms with Crippen molar-refractivity contribution < 1.29 is 13.5 Å². The molecule has 2 aliphatic rings. The normalized spacial score (nSPS) is 33.5. The number of alkyl halides is 2. The van der Waals surface area contributed by atoms with Crippen molar-refractivity contribution in [3.8, 4) is 0 Å². The molecule has 2 N–H and O–H groups in total. The summed E-state index contributed by atoms with van der Waals surface area (Å²) in [6, 6.07) is 0.341. The first-order chi connectivity index (χ1) is 7.53. The van der Waals surface area contributed by atoms with E-state index in [1.54, 1.807) is 0 Å². The number of hydrogen-bond acceptors (Lipinski definition) is 3. The molecule has 16 heavy (non-hydrogen) atoms. The monoisotopic (exact) mass is 232 g/mol. The van der Waals surface area contributed by atoms with Crippen molar-refractivity contribution in [1.29, 1.82) is 0 Å². The third-order valence-corrected chi connectivity index (χ3v) is 3.32. The van der Waals surface area contributed by atoms with Crippen LogP contribution in [0, 0.1) is 0 Å². The maximum absolute atomic E-state index is 13.0. The average molecular weight is 232 g/mol. The van der Waals surface area contributed by atoms with Crippen LogP contribution in [0.3, 0.4) is 0 Å². The van der Waals surface area contributed by atoms with Gasteiger partial charge in [-0.05, 0) is 18.7 Å². The highest BCUT2D eigenvalue weighted by atomic mass is 19.3. The van der Waals surface area contributed by atoms with Crippen LogP contribution in [0.2, 0.25) is 0 Å². The molecule has 0 aromatic rings. The van der Waals surface area contributed by atoms with Crippen molar-refractivity contribution >= 4 is 0 Å². The van der Waals surface area contributed by atoms with Crippen molar-refractivity contribution in [3.05, 3.63) is 11.8 Å². The fourth-order valence-corrected chi connectivity index (χ4v) is 2.17. The zero-order valence-corrected chi connectivity index (χ0v) is 9.59. The zero-order chi connectivity index (χ0) is 11.8. The Morgan fingerprint density at radius 1 is 1.56 bits per heavy atom. The Labute approximate surface area is 94.2 Å². The Bertz CT molecular complexity index is 294. The van der Waals surface area contributed by atoms with E-state index in [0.29, 0.717) is 6.54 Å². The van der Waals surface area contributed by atoms with Gasteiger partial charge in [-0.15, -0.1) is 0 Å². The van der Waals surface area contributed by atoms with Gasteiger partial charge in [-0.3, -0.25) is 0 Å². The summed E-state index contributed by atoms with van der Waals surface area (Å²) >= 11 is 0. The number of nitrogens with one attached hydrogen (secondary N) is 2. The number of fused-ring (bicyclic) bond motifs is 1. The lowest BCUT2D eigenvalue weighted by Gasteiger charge is -2.22. The van der Waals surface area contributed by atoms with Crippen molar-refractivity contribution in [1.82, 2.24) is 10.6 Å². The molecule has 2 rings (SSSR count). The fourth-order valence-electron chi connectivity index (χ4n) is 2.17. The summed E-state index contributed by atoms with van der Waals surface area (Å²) in [5.74, 6) is -2.71. The van der Waals surface area contributed by atoms with Gasteiger partial charge in [-0.25, -0.2) is 8.78 Å². The molecule has 3 nitrogen and oxygen atoms in total. The van der Waals surface area contributed by atoms with Gasteiger partial charge in [0.15, 0.2) is 0 Å². The minimum absolute atomic E-state index is 0.104. The van der Waals surface area contributed by atoms with Gasteiger partial charge in [0.05, 0.1) is 18.2 Å². The lowest BCUT2D eigenvalue weighted by atomic mass is 10.1. The molecule has 2 aliphatic heterocycles. The molecule has 1 saturated heterocycles. The van der Waals surface area contributed by atoms with Crippen LogP contribution in [0.25, 0.3) is 0 Å². The van der Waals surface area contributed by atoms with Crippen LogP contribution in [-0.2, 0) is 4.74 Å². The van der Waals surface area contributed by atoms with E-state index in [1.807, 2.05) is 13.1 Å². The molecule has 0 aromatic carbocycles. The van der Waals surface area contributed by atoms with Crippen molar-refractivity contribution in [3.63, 3.8) is 0 Å². The van der Waals surface area contributed by atoms with Gasteiger partial charge in [0, 0.05) is 13.0 Å². The van der Waals surface area contributed by atoms with E-state index in [4.69, 9.17) is 4.74 Å². The van der Waals surface area contributed by atoms with Gasteiger partial charge in [-0.2, -0.15) is 0 Å². The first-order valence-electron chi connectivity index (χ1n) is 5.69. The van der Waals surface area contributed by atoms with Crippen molar-refractivity contribution in [2.45, 2.75) is 44.4 Å². The Hall–Kier alpha value is -0.680. The smallest absolute Gasteiger partial charge is 0.270 e. The average Bonchev–Trinajstić information content (AvgIpc) is 2.80. The van der Waals surface area contributed by atoms with Crippen LogP contribution >= 0.6 is 0 Å². The van der Waals surface area contributed by atoms with Gasteiger partial charge in [0.1, 0.15) is 6.61 Å². The number of halogens is 2. The molecule has 0 bridgehead atoms. The Balaban J connectivity index is 1.85. The van der Waals surface area contributed by atoms with Crippen LogP contribution in [-0.4, -0.2) is 37.3 Å². The van der Waals surface area contributed by atoms with Crippen LogP contribution in [0.4, 0.5) is 8.78 Å². The molecule has 0 aliphatic carbocycles. The molecule has 92 valence electrons. The Kier molecular flexibility index (Phi) is 3.17. The first kappa shape index (κ1) is 11.8. The summed E-state index contributed by atoms with van der Waals surface area (Å²) in [6.45, 7) is 3.64. The summed E-state index contributed by atoms with van der Waals surface area (Å²) < 4.78 is 31.4. The van der Waals surface area contributed by atoms with Crippen LogP contribution in [0.1, 0.15) is 20.3 Å². The Morgan fingerprint density at radius 2 is 2.31 bits per heavy atom. The molecule has 1 fully saturated rings. The van der Waals surface area contributed by atoms with Crippen LogP contribution in [0.15, 0.2) is 11.8 Å². The zero-order valence-electron chi connectivity index (χ0n) is 9.59. The number of ether oxygens (including phenoxy) is 1. The quantitative estimate of drug-likeness (QED) is 0.765. The number of hydrogen-bond donors (Lipinski definition) is 2. The predicted octanol–water partition coefficient (Wildman–Crippen LogP) is 1.26. The molecule has 2 unspecified atom stereocenters. The topological polar surface area (TPSA) is 33.3 Å². The van der Waals surface area contributed by atoms with Gasteiger partial charge in [-0.1, -0.05) is 6.92 Å². The van der Waals surface area contributed by atoms with Crippen molar-refractivity contribution in [2.24, 2.45) is 0 Å². The molecule has 0 aromatic heterocycles. The lowest BCUT2D eigenvalue weighted by Crippen LogP contribution is -2.41.